The Labute approximate surface area is 243 Å². The SMILES string of the molecule is O=C(/C=C/c1ccc(OCc2ccc(F)cc2)cc1)NC1(C(=O)NCCNC(=O)c2ccc(Cl)cc2)CCNCC1. The van der Waals surface area contributed by atoms with Crippen LogP contribution in [0.2, 0.25) is 5.02 Å². The monoisotopic (exact) mass is 578 g/mol. The molecule has 0 bridgehead atoms. The van der Waals surface area contributed by atoms with Crippen molar-refractivity contribution in [1.82, 2.24) is 21.3 Å². The van der Waals surface area contributed by atoms with E-state index in [1.165, 1.54) is 18.2 Å². The van der Waals surface area contributed by atoms with Crippen molar-refractivity contribution in [2.45, 2.75) is 25.0 Å². The lowest BCUT2D eigenvalue weighted by Gasteiger charge is -2.36. The number of benzene rings is 3. The van der Waals surface area contributed by atoms with Crippen LogP contribution in [0.4, 0.5) is 4.39 Å². The number of rotatable bonds is 11. The Balaban J connectivity index is 1.26. The molecule has 1 aliphatic rings. The lowest BCUT2D eigenvalue weighted by molar-refractivity contribution is -0.133. The zero-order valence-corrected chi connectivity index (χ0v) is 23.2. The number of amides is 3. The minimum absolute atomic E-state index is 0.217. The molecule has 3 aromatic rings. The van der Waals surface area contributed by atoms with Gasteiger partial charge in [0.2, 0.25) is 11.8 Å². The standard InChI is InChI=1S/C31H32ClFN4O4/c32-25-8-6-24(7-9-25)29(39)35-19-20-36-30(40)31(15-17-34-18-16-31)37-28(38)14-5-22-3-12-27(13-4-22)41-21-23-1-10-26(33)11-2-23/h1-14,34H,15-21H2,(H,35,39)(H,36,40)(H,37,38)/b14-5+. The van der Waals surface area contributed by atoms with E-state index < -0.39 is 5.54 Å². The van der Waals surface area contributed by atoms with Gasteiger partial charge in [-0.15, -0.1) is 0 Å². The zero-order valence-electron chi connectivity index (χ0n) is 22.4. The molecular weight excluding hydrogens is 547 g/mol. The number of ether oxygens (including phenoxy) is 1. The van der Waals surface area contributed by atoms with Crippen LogP contribution in [0.3, 0.4) is 0 Å². The molecule has 8 nitrogen and oxygen atoms in total. The number of carbonyl (C=O) groups is 3. The average Bonchev–Trinajstić information content (AvgIpc) is 2.99. The first-order chi connectivity index (χ1) is 19.8. The van der Waals surface area contributed by atoms with Gasteiger partial charge in [0.25, 0.3) is 5.91 Å². The highest BCUT2D eigenvalue weighted by atomic mass is 35.5. The van der Waals surface area contributed by atoms with E-state index in [-0.39, 0.29) is 36.6 Å². The third-order valence-corrected chi connectivity index (χ3v) is 6.93. The molecule has 10 heteroatoms. The van der Waals surface area contributed by atoms with Crippen LogP contribution < -0.4 is 26.0 Å². The topological polar surface area (TPSA) is 109 Å². The molecule has 4 rings (SSSR count). The zero-order chi connectivity index (χ0) is 29.1. The Hall–Kier alpha value is -4.21. The second-order valence-electron chi connectivity index (χ2n) is 9.66. The van der Waals surface area contributed by atoms with Crippen LogP contribution in [0.5, 0.6) is 5.75 Å². The van der Waals surface area contributed by atoms with Gasteiger partial charge in [-0.05, 0) is 91.7 Å². The fourth-order valence-electron chi connectivity index (χ4n) is 4.36. The van der Waals surface area contributed by atoms with Gasteiger partial charge in [0.05, 0.1) is 0 Å². The normalized spacial score (nSPS) is 14.3. The van der Waals surface area contributed by atoms with Gasteiger partial charge >= 0.3 is 0 Å². The fourth-order valence-corrected chi connectivity index (χ4v) is 4.48. The van der Waals surface area contributed by atoms with Crippen molar-refractivity contribution in [3.05, 3.63) is 106 Å². The number of carbonyl (C=O) groups excluding carboxylic acids is 3. The number of hydrogen-bond donors (Lipinski definition) is 4. The third-order valence-electron chi connectivity index (χ3n) is 6.68. The predicted molar refractivity (Wildman–Crippen MR) is 156 cm³/mol. The van der Waals surface area contributed by atoms with E-state index in [1.807, 2.05) is 12.1 Å². The molecule has 4 N–H and O–H groups in total. The molecule has 1 fully saturated rings. The Bertz CT molecular complexity index is 1360. The summed E-state index contributed by atoms with van der Waals surface area (Å²) in [5.74, 6) is -0.584. The van der Waals surface area contributed by atoms with Gasteiger partial charge in [0.15, 0.2) is 0 Å². The second-order valence-corrected chi connectivity index (χ2v) is 10.1. The van der Waals surface area contributed by atoms with Crippen LogP contribution in [-0.2, 0) is 16.2 Å². The second kappa shape index (κ2) is 14.4. The van der Waals surface area contributed by atoms with E-state index in [9.17, 15) is 18.8 Å². The van der Waals surface area contributed by atoms with Gasteiger partial charge in [0, 0.05) is 29.8 Å². The lowest BCUT2D eigenvalue weighted by Crippen LogP contribution is -2.63. The Kier molecular flexibility index (Phi) is 10.5. The van der Waals surface area contributed by atoms with E-state index in [0.717, 1.165) is 11.1 Å². The summed E-state index contributed by atoms with van der Waals surface area (Å²) in [6.07, 6.45) is 3.95. The highest BCUT2D eigenvalue weighted by Crippen LogP contribution is 2.20. The maximum absolute atomic E-state index is 13.2. The largest absolute Gasteiger partial charge is 0.489 e. The molecule has 0 radical (unpaired) electrons. The van der Waals surface area contributed by atoms with Gasteiger partial charge < -0.3 is 26.0 Å². The molecule has 0 atom stereocenters. The Morgan fingerprint density at radius 2 is 1.56 bits per heavy atom. The first-order valence-electron chi connectivity index (χ1n) is 13.3. The van der Waals surface area contributed by atoms with Crippen molar-refractivity contribution >= 4 is 35.4 Å². The van der Waals surface area contributed by atoms with Gasteiger partial charge in [-0.2, -0.15) is 0 Å². The molecule has 0 aliphatic carbocycles. The molecule has 0 aromatic heterocycles. The van der Waals surface area contributed by atoms with Crippen LogP contribution in [0.25, 0.3) is 6.08 Å². The van der Waals surface area contributed by atoms with Crippen molar-refractivity contribution in [3.63, 3.8) is 0 Å². The number of piperidine rings is 1. The molecule has 0 spiro atoms. The van der Waals surface area contributed by atoms with Crippen molar-refractivity contribution in [3.8, 4) is 5.75 Å². The molecule has 0 saturated carbocycles. The summed E-state index contributed by atoms with van der Waals surface area (Å²) in [4.78, 5) is 38.3. The van der Waals surface area contributed by atoms with Gasteiger partial charge in [-0.3, -0.25) is 14.4 Å². The predicted octanol–water partition coefficient (Wildman–Crippen LogP) is 3.86. The summed E-state index contributed by atoms with van der Waals surface area (Å²) >= 11 is 5.86. The minimum atomic E-state index is -1.05. The molecule has 3 amide bonds. The van der Waals surface area contributed by atoms with Crippen molar-refractivity contribution in [1.29, 1.82) is 0 Å². The van der Waals surface area contributed by atoms with Crippen LogP contribution in [0.1, 0.15) is 34.3 Å². The van der Waals surface area contributed by atoms with Crippen molar-refractivity contribution in [2.24, 2.45) is 0 Å². The molecule has 1 aliphatic heterocycles. The van der Waals surface area contributed by atoms with E-state index in [0.29, 0.717) is 48.9 Å². The summed E-state index contributed by atoms with van der Waals surface area (Å²) in [6, 6.07) is 19.8. The molecule has 1 heterocycles. The molecule has 0 unspecified atom stereocenters. The van der Waals surface area contributed by atoms with E-state index >= 15 is 0 Å². The number of nitrogens with one attached hydrogen (secondary N) is 4. The number of hydrogen-bond acceptors (Lipinski definition) is 5. The maximum atomic E-state index is 13.2. The molecule has 41 heavy (non-hydrogen) atoms. The van der Waals surface area contributed by atoms with Gasteiger partial charge in [-0.1, -0.05) is 35.9 Å². The summed E-state index contributed by atoms with van der Waals surface area (Å²) in [6.45, 7) is 1.94. The van der Waals surface area contributed by atoms with E-state index in [1.54, 1.807) is 54.6 Å². The van der Waals surface area contributed by atoms with Crippen LogP contribution in [-0.4, -0.2) is 49.4 Å². The maximum Gasteiger partial charge on any atom is 0.251 e. The van der Waals surface area contributed by atoms with Crippen LogP contribution >= 0.6 is 11.6 Å². The summed E-state index contributed by atoms with van der Waals surface area (Å²) < 4.78 is 18.8. The first-order valence-corrected chi connectivity index (χ1v) is 13.7. The van der Waals surface area contributed by atoms with E-state index in [2.05, 4.69) is 21.3 Å². The molecule has 1 saturated heterocycles. The average molecular weight is 579 g/mol. The van der Waals surface area contributed by atoms with Crippen molar-refractivity contribution in [2.75, 3.05) is 26.2 Å². The van der Waals surface area contributed by atoms with Gasteiger partial charge in [-0.25, -0.2) is 4.39 Å². The van der Waals surface area contributed by atoms with Crippen molar-refractivity contribution < 1.29 is 23.5 Å². The fraction of sp³-hybridized carbons (Fsp3) is 0.258. The van der Waals surface area contributed by atoms with E-state index in [4.69, 9.17) is 16.3 Å². The summed E-state index contributed by atoms with van der Waals surface area (Å²) in [5.41, 5.74) is 1.06. The van der Waals surface area contributed by atoms with Crippen LogP contribution in [0.15, 0.2) is 78.9 Å². The molecule has 214 valence electrons. The summed E-state index contributed by atoms with van der Waals surface area (Å²) in [7, 11) is 0. The highest BCUT2D eigenvalue weighted by Gasteiger charge is 2.40. The Morgan fingerprint density at radius 3 is 2.24 bits per heavy atom. The molecular formula is C31H32ClFN4O4. The summed E-state index contributed by atoms with van der Waals surface area (Å²) in [5, 5.41) is 12.3. The smallest absolute Gasteiger partial charge is 0.251 e. The minimum Gasteiger partial charge on any atom is -0.489 e. The Morgan fingerprint density at radius 1 is 0.902 bits per heavy atom. The molecule has 3 aromatic carbocycles. The third kappa shape index (κ3) is 8.89. The quantitative estimate of drug-likeness (QED) is 0.204. The highest BCUT2D eigenvalue weighted by molar-refractivity contribution is 6.30. The van der Waals surface area contributed by atoms with Crippen LogP contribution in [0, 0.1) is 5.82 Å². The van der Waals surface area contributed by atoms with Gasteiger partial charge in [0.1, 0.15) is 23.7 Å². The lowest BCUT2D eigenvalue weighted by atomic mass is 9.87. The first kappa shape index (κ1) is 29.8. The number of halogens is 2.